The van der Waals surface area contributed by atoms with Gasteiger partial charge in [0, 0.05) is 12.8 Å². The van der Waals surface area contributed by atoms with Gasteiger partial charge >= 0.3 is 0 Å². The zero-order valence-electron chi connectivity index (χ0n) is 11.1. The summed E-state index contributed by atoms with van der Waals surface area (Å²) in [6.07, 6.45) is 1.37. The lowest BCUT2D eigenvalue weighted by Gasteiger charge is -2.24. The summed E-state index contributed by atoms with van der Waals surface area (Å²) in [4.78, 5) is 0. The molecule has 1 nitrogen and oxygen atoms in total. The van der Waals surface area contributed by atoms with Crippen LogP contribution >= 0.6 is 0 Å². The molecule has 0 saturated carbocycles. The number of rotatable bonds is 4. The molecular weight excluding hydrogens is 220 g/mol. The van der Waals surface area contributed by atoms with Crippen molar-refractivity contribution in [2.45, 2.75) is 32.3 Å². The van der Waals surface area contributed by atoms with Crippen molar-refractivity contribution in [2.75, 3.05) is 0 Å². The molecule has 2 rings (SSSR count). The molecule has 0 aliphatic rings. The second-order valence-electron chi connectivity index (χ2n) is 5.26. The molecule has 0 bridgehead atoms. The topological polar surface area (TPSA) is 20.2 Å². The maximum absolute atomic E-state index is 10.5. The van der Waals surface area contributed by atoms with Gasteiger partial charge in [-0.15, -0.1) is 0 Å². The van der Waals surface area contributed by atoms with Gasteiger partial charge < -0.3 is 5.11 Å². The Morgan fingerprint density at radius 2 is 1.50 bits per heavy atom. The van der Waals surface area contributed by atoms with Crippen molar-refractivity contribution in [3.05, 3.63) is 71.3 Å². The van der Waals surface area contributed by atoms with Crippen LogP contribution in [-0.4, -0.2) is 10.7 Å². The summed E-state index contributed by atoms with van der Waals surface area (Å²) in [6.45, 7) is 4.00. The largest absolute Gasteiger partial charge is 0.389 e. The predicted molar refractivity (Wildman–Crippen MR) is 75.7 cm³/mol. The molecule has 1 unspecified atom stereocenters. The van der Waals surface area contributed by atoms with Gasteiger partial charge in [-0.1, -0.05) is 54.6 Å². The maximum atomic E-state index is 10.5. The highest BCUT2D eigenvalue weighted by Crippen LogP contribution is 2.20. The highest BCUT2D eigenvalue weighted by molar-refractivity contribution is 5.28. The lowest BCUT2D eigenvalue weighted by Crippen LogP contribution is -2.30. The Bertz CT molecular complexity index is 500. The lowest BCUT2D eigenvalue weighted by atomic mass is 9.88. The minimum Gasteiger partial charge on any atom is -0.389 e. The van der Waals surface area contributed by atoms with E-state index < -0.39 is 5.60 Å². The third-order valence-electron chi connectivity index (χ3n) is 3.26. The van der Waals surface area contributed by atoms with Gasteiger partial charge in [0.15, 0.2) is 0 Å². The van der Waals surface area contributed by atoms with Crippen LogP contribution in [0.4, 0.5) is 0 Å². The van der Waals surface area contributed by atoms with Gasteiger partial charge in [-0.2, -0.15) is 0 Å². The number of aliphatic hydroxyl groups is 1. The van der Waals surface area contributed by atoms with Crippen LogP contribution in [0.1, 0.15) is 23.6 Å². The highest BCUT2D eigenvalue weighted by Gasteiger charge is 2.22. The van der Waals surface area contributed by atoms with Gasteiger partial charge in [-0.25, -0.2) is 0 Å². The van der Waals surface area contributed by atoms with Crippen LogP contribution < -0.4 is 0 Å². The SMILES string of the molecule is Cc1ccccc1CC(C)(O)Cc1ccccc1. The number of benzene rings is 2. The maximum Gasteiger partial charge on any atom is 0.0700 e. The molecule has 0 fully saturated rings. The molecule has 0 aliphatic heterocycles. The summed E-state index contributed by atoms with van der Waals surface area (Å²) < 4.78 is 0. The van der Waals surface area contributed by atoms with Gasteiger partial charge in [0.05, 0.1) is 5.60 Å². The van der Waals surface area contributed by atoms with Crippen LogP contribution in [0.3, 0.4) is 0 Å². The van der Waals surface area contributed by atoms with Crippen LogP contribution in [0, 0.1) is 6.92 Å². The fourth-order valence-electron chi connectivity index (χ4n) is 2.32. The molecule has 1 heteroatoms. The van der Waals surface area contributed by atoms with Gasteiger partial charge in [0.1, 0.15) is 0 Å². The van der Waals surface area contributed by atoms with Crippen molar-refractivity contribution >= 4 is 0 Å². The average molecular weight is 240 g/mol. The minimum absolute atomic E-state index is 0.683. The van der Waals surface area contributed by atoms with E-state index in [0.29, 0.717) is 12.8 Å². The van der Waals surface area contributed by atoms with Crippen molar-refractivity contribution < 1.29 is 5.11 Å². The summed E-state index contributed by atoms with van der Waals surface area (Å²) in [5.74, 6) is 0. The monoisotopic (exact) mass is 240 g/mol. The van der Waals surface area contributed by atoms with E-state index in [9.17, 15) is 5.11 Å². The molecule has 94 valence electrons. The fourth-order valence-corrected chi connectivity index (χ4v) is 2.32. The van der Waals surface area contributed by atoms with E-state index >= 15 is 0 Å². The normalized spacial score (nSPS) is 14.2. The van der Waals surface area contributed by atoms with Crippen molar-refractivity contribution in [1.82, 2.24) is 0 Å². The molecular formula is C17H20O. The summed E-state index contributed by atoms with van der Waals surface area (Å²) >= 11 is 0. The van der Waals surface area contributed by atoms with Gasteiger partial charge in [-0.05, 0) is 30.5 Å². The first-order valence-corrected chi connectivity index (χ1v) is 6.38. The smallest absolute Gasteiger partial charge is 0.0700 e. The number of aryl methyl sites for hydroxylation is 1. The number of hydrogen-bond acceptors (Lipinski definition) is 1. The van der Waals surface area contributed by atoms with Crippen LogP contribution in [-0.2, 0) is 12.8 Å². The van der Waals surface area contributed by atoms with E-state index in [1.54, 1.807) is 0 Å². The molecule has 0 heterocycles. The van der Waals surface area contributed by atoms with Crippen molar-refractivity contribution in [3.8, 4) is 0 Å². The first-order valence-electron chi connectivity index (χ1n) is 6.38. The van der Waals surface area contributed by atoms with Crippen LogP contribution in [0.15, 0.2) is 54.6 Å². The molecule has 0 amide bonds. The average Bonchev–Trinajstić information content (AvgIpc) is 2.32. The molecule has 18 heavy (non-hydrogen) atoms. The van der Waals surface area contributed by atoms with E-state index in [1.807, 2.05) is 37.3 Å². The molecule has 0 saturated heterocycles. The van der Waals surface area contributed by atoms with Crippen molar-refractivity contribution in [2.24, 2.45) is 0 Å². The fraction of sp³-hybridized carbons (Fsp3) is 0.294. The summed E-state index contributed by atoms with van der Waals surface area (Å²) in [5.41, 5.74) is 2.94. The van der Waals surface area contributed by atoms with Crippen LogP contribution in [0.25, 0.3) is 0 Å². The molecule has 0 aliphatic carbocycles. The Morgan fingerprint density at radius 1 is 0.889 bits per heavy atom. The zero-order chi connectivity index (χ0) is 13.0. The standard InChI is InChI=1S/C17H20O/c1-14-8-6-7-11-16(14)13-17(2,18)12-15-9-4-3-5-10-15/h3-11,18H,12-13H2,1-2H3. The predicted octanol–water partition coefficient (Wildman–Crippen LogP) is 3.53. The van der Waals surface area contributed by atoms with E-state index in [4.69, 9.17) is 0 Å². The third-order valence-corrected chi connectivity index (χ3v) is 3.26. The second-order valence-corrected chi connectivity index (χ2v) is 5.26. The lowest BCUT2D eigenvalue weighted by molar-refractivity contribution is 0.0607. The van der Waals surface area contributed by atoms with Crippen molar-refractivity contribution in [3.63, 3.8) is 0 Å². The van der Waals surface area contributed by atoms with E-state index in [2.05, 4.69) is 31.2 Å². The summed E-state index contributed by atoms with van der Waals surface area (Å²) in [6, 6.07) is 18.4. The highest BCUT2D eigenvalue weighted by atomic mass is 16.3. The molecule has 1 N–H and O–H groups in total. The van der Waals surface area contributed by atoms with Gasteiger partial charge in [0.25, 0.3) is 0 Å². The summed E-state index contributed by atoms with van der Waals surface area (Å²) in [7, 11) is 0. The first kappa shape index (κ1) is 12.8. The Labute approximate surface area is 109 Å². The van der Waals surface area contributed by atoms with E-state index in [0.717, 1.165) is 0 Å². The minimum atomic E-state index is -0.701. The van der Waals surface area contributed by atoms with Gasteiger partial charge in [-0.3, -0.25) is 0 Å². The molecule has 0 aromatic heterocycles. The second kappa shape index (κ2) is 5.36. The van der Waals surface area contributed by atoms with Crippen LogP contribution in [0.5, 0.6) is 0 Å². The molecule has 2 aromatic rings. The Hall–Kier alpha value is -1.60. The number of hydrogen-bond donors (Lipinski definition) is 1. The molecule has 0 spiro atoms. The molecule has 1 atom stereocenters. The Balaban J connectivity index is 2.10. The van der Waals surface area contributed by atoms with Crippen LogP contribution in [0.2, 0.25) is 0 Å². The van der Waals surface area contributed by atoms with E-state index in [-0.39, 0.29) is 0 Å². The first-order chi connectivity index (χ1) is 8.57. The zero-order valence-corrected chi connectivity index (χ0v) is 11.1. The molecule has 2 aromatic carbocycles. The van der Waals surface area contributed by atoms with E-state index in [1.165, 1.54) is 16.7 Å². The molecule has 0 radical (unpaired) electrons. The van der Waals surface area contributed by atoms with Crippen molar-refractivity contribution in [1.29, 1.82) is 0 Å². The van der Waals surface area contributed by atoms with Gasteiger partial charge in [0.2, 0.25) is 0 Å². The quantitative estimate of drug-likeness (QED) is 0.866. The summed E-state index contributed by atoms with van der Waals surface area (Å²) in [5, 5.41) is 10.5. The Morgan fingerprint density at radius 3 is 2.17 bits per heavy atom. The Kier molecular flexibility index (Phi) is 3.83. The third kappa shape index (κ3) is 3.44.